The number of aryl methyl sites for hydroxylation is 1. The molecule has 7 heteroatoms. The van der Waals surface area contributed by atoms with Crippen molar-refractivity contribution in [1.82, 2.24) is 19.7 Å². The lowest BCUT2D eigenvalue weighted by Crippen LogP contribution is -2.40. The number of hydrogen-bond donors (Lipinski definition) is 0. The van der Waals surface area contributed by atoms with Crippen molar-refractivity contribution >= 4 is 23.4 Å². The second-order valence-corrected chi connectivity index (χ2v) is 8.23. The minimum absolute atomic E-state index is 0.0979. The topological polar surface area (TPSA) is 63.9 Å². The summed E-state index contributed by atoms with van der Waals surface area (Å²) in [6, 6.07) is 12.0. The molecule has 4 rings (SSSR count). The van der Waals surface area contributed by atoms with Gasteiger partial charge >= 0.3 is 0 Å². The summed E-state index contributed by atoms with van der Waals surface area (Å²) in [7, 11) is 0. The molecule has 29 heavy (non-hydrogen) atoms. The number of pyridine rings is 1. The molecule has 0 fully saturated rings. The van der Waals surface area contributed by atoms with Crippen LogP contribution in [0, 0.1) is 0 Å². The molecule has 2 aromatic heterocycles. The fraction of sp³-hybridized carbons (Fsp3) is 0.273. The van der Waals surface area contributed by atoms with E-state index in [2.05, 4.69) is 27.8 Å². The number of benzene rings is 1. The van der Waals surface area contributed by atoms with Gasteiger partial charge in [0.15, 0.2) is 11.0 Å². The van der Waals surface area contributed by atoms with Crippen LogP contribution in [-0.2, 0) is 17.8 Å². The summed E-state index contributed by atoms with van der Waals surface area (Å²) in [6.45, 7) is 7.11. The van der Waals surface area contributed by atoms with E-state index >= 15 is 0 Å². The van der Waals surface area contributed by atoms with Crippen LogP contribution in [0.1, 0.15) is 18.9 Å². The van der Waals surface area contributed by atoms with E-state index in [1.807, 2.05) is 52.8 Å². The summed E-state index contributed by atoms with van der Waals surface area (Å²) in [4.78, 5) is 19.2. The van der Waals surface area contributed by atoms with Crippen molar-refractivity contribution in [1.29, 1.82) is 0 Å². The largest absolute Gasteiger partial charge is 0.311 e. The van der Waals surface area contributed by atoms with Crippen LogP contribution >= 0.6 is 11.8 Å². The van der Waals surface area contributed by atoms with Gasteiger partial charge in [-0.15, -0.1) is 16.8 Å². The fourth-order valence-electron chi connectivity index (χ4n) is 3.57. The molecule has 1 unspecified atom stereocenters. The third kappa shape index (κ3) is 3.96. The molecule has 1 aliphatic rings. The molecule has 0 aliphatic carbocycles. The van der Waals surface area contributed by atoms with Gasteiger partial charge in [0.25, 0.3) is 0 Å². The van der Waals surface area contributed by atoms with Gasteiger partial charge in [0.1, 0.15) is 0 Å². The highest BCUT2D eigenvalue weighted by Gasteiger charge is 2.28. The molecule has 0 spiro atoms. The number of thioether (sulfide) groups is 1. The van der Waals surface area contributed by atoms with Gasteiger partial charge in [-0.25, -0.2) is 0 Å². The Hall–Kier alpha value is -2.93. The smallest absolute Gasteiger partial charge is 0.240 e. The Morgan fingerprint density at radius 1 is 1.24 bits per heavy atom. The minimum Gasteiger partial charge on any atom is -0.311 e. The first-order chi connectivity index (χ1) is 14.2. The van der Waals surface area contributed by atoms with Crippen LogP contribution in [0.25, 0.3) is 11.4 Å². The molecule has 6 nitrogen and oxygen atoms in total. The first-order valence-electron chi connectivity index (χ1n) is 9.69. The van der Waals surface area contributed by atoms with Crippen molar-refractivity contribution in [3.63, 3.8) is 0 Å². The second kappa shape index (κ2) is 8.61. The number of nitrogens with zero attached hydrogens (tertiary/aromatic N) is 5. The summed E-state index contributed by atoms with van der Waals surface area (Å²) in [5.74, 6) is 0.846. The second-order valence-electron chi connectivity index (χ2n) is 6.92. The SMILES string of the molecule is C=CCn1c(SC(C)C(=O)N2CCCc3ccccc32)nnc1-c1ccncc1. The summed E-state index contributed by atoms with van der Waals surface area (Å²) in [5.41, 5.74) is 3.20. The number of carbonyl (C=O) groups excluding carboxylic acids is 1. The lowest BCUT2D eigenvalue weighted by atomic mass is 10.0. The van der Waals surface area contributed by atoms with Crippen molar-refractivity contribution in [2.75, 3.05) is 11.4 Å². The zero-order valence-electron chi connectivity index (χ0n) is 16.4. The van der Waals surface area contributed by atoms with Crippen molar-refractivity contribution < 1.29 is 4.79 Å². The molecule has 0 radical (unpaired) electrons. The van der Waals surface area contributed by atoms with Gasteiger partial charge in [0.2, 0.25) is 5.91 Å². The number of rotatable bonds is 6. The van der Waals surface area contributed by atoms with Gasteiger partial charge in [-0.05, 0) is 43.5 Å². The van der Waals surface area contributed by atoms with Gasteiger partial charge < -0.3 is 4.90 Å². The van der Waals surface area contributed by atoms with E-state index in [-0.39, 0.29) is 11.2 Å². The highest BCUT2D eigenvalue weighted by atomic mass is 32.2. The molecule has 148 valence electrons. The van der Waals surface area contributed by atoms with E-state index in [9.17, 15) is 4.79 Å². The van der Waals surface area contributed by atoms with Crippen molar-refractivity contribution in [3.05, 3.63) is 67.0 Å². The number of aromatic nitrogens is 4. The fourth-order valence-corrected chi connectivity index (χ4v) is 4.50. The monoisotopic (exact) mass is 405 g/mol. The Morgan fingerprint density at radius 3 is 2.83 bits per heavy atom. The third-order valence-corrected chi connectivity index (χ3v) is 6.04. The molecule has 3 aromatic rings. The summed E-state index contributed by atoms with van der Waals surface area (Å²) >= 11 is 1.44. The molecule has 0 saturated heterocycles. The number of fused-ring (bicyclic) bond motifs is 1. The maximum atomic E-state index is 13.2. The van der Waals surface area contributed by atoms with Gasteiger partial charge in [-0.2, -0.15) is 0 Å². The molecular formula is C22H23N5OS. The highest BCUT2D eigenvalue weighted by Crippen LogP contribution is 2.31. The van der Waals surface area contributed by atoms with Crippen LogP contribution in [-0.4, -0.2) is 37.5 Å². The molecule has 1 amide bonds. The van der Waals surface area contributed by atoms with E-state index in [4.69, 9.17) is 0 Å². The summed E-state index contributed by atoms with van der Waals surface area (Å²) in [5, 5.41) is 9.15. The van der Waals surface area contributed by atoms with Gasteiger partial charge in [0.05, 0.1) is 5.25 Å². The zero-order valence-corrected chi connectivity index (χ0v) is 17.2. The van der Waals surface area contributed by atoms with Gasteiger partial charge in [-0.1, -0.05) is 36.0 Å². The maximum absolute atomic E-state index is 13.2. The molecule has 3 heterocycles. The predicted molar refractivity (Wildman–Crippen MR) is 116 cm³/mol. The van der Waals surface area contributed by atoms with Crippen molar-refractivity contribution in [3.8, 4) is 11.4 Å². The van der Waals surface area contributed by atoms with E-state index in [0.29, 0.717) is 11.7 Å². The number of amides is 1. The van der Waals surface area contributed by atoms with Crippen LogP contribution in [0.4, 0.5) is 5.69 Å². The van der Waals surface area contributed by atoms with Crippen LogP contribution < -0.4 is 4.90 Å². The average molecular weight is 406 g/mol. The Bertz CT molecular complexity index is 1020. The van der Waals surface area contributed by atoms with Crippen LogP contribution in [0.5, 0.6) is 0 Å². The zero-order chi connectivity index (χ0) is 20.2. The number of carbonyl (C=O) groups is 1. The Balaban J connectivity index is 1.57. The van der Waals surface area contributed by atoms with Gasteiger partial charge in [-0.3, -0.25) is 14.3 Å². The highest BCUT2D eigenvalue weighted by molar-refractivity contribution is 8.00. The molecule has 0 saturated carbocycles. The lowest BCUT2D eigenvalue weighted by molar-refractivity contribution is -0.117. The lowest BCUT2D eigenvalue weighted by Gasteiger charge is -2.31. The van der Waals surface area contributed by atoms with E-state index in [0.717, 1.165) is 36.5 Å². The Labute approximate surface area is 174 Å². The predicted octanol–water partition coefficient (Wildman–Crippen LogP) is 3.99. The van der Waals surface area contributed by atoms with Crippen molar-refractivity contribution in [2.24, 2.45) is 0 Å². The van der Waals surface area contributed by atoms with Gasteiger partial charge in [0, 0.05) is 36.7 Å². The van der Waals surface area contributed by atoms with Crippen LogP contribution in [0.15, 0.2) is 66.6 Å². The summed E-state index contributed by atoms with van der Waals surface area (Å²) in [6.07, 6.45) is 7.28. The number of allylic oxidation sites excluding steroid dienone is 1. The van der Waals surface area contributed by atoms with E-state index in [1.54, 1.807) is 12.4 Å². The van der Waals surface area contributed by atoms with Crippen molar-refractivity contribution in [2.45, 2.75) is 36.7 Å². The molecule has 0 N–H and O–H groups in total. The first-order valence-corrected chi connectivity index (χ1v) is 10.6. The molecule has 0 bridgehead atoms. The van der Waals surface area contributed by atoms with Crippen LogP contribution in [0.2, 0.25) is 0 Å². The quantitative estimate of drug-likeness (QED) is 0.458. The molecule has 1 atom stereocenters. The number of hydrogen-bond acceptors (Lipinski definition) is 5. The maximum Gasteiger partial charge on any atom is 0.240 e. The third-order valence-electron chi connectivity index (χ3n) is 4.97. The molecule has 1 aromatic carbocycles. The van der Waals surface area contributed by atoms with E-state index in [1.165, 1.54) is 17.3 Å². The minimum atomic E-state index is -0.279. The molecular weight excluding hydrogens is 382 g/mol. The molecule has 1 aliphatic heterocycles. The Morgan fingerprint density at radius 2 is 2.03 bits per heavy atom. The standard InChI is InChI=1S/C22H23N5OS/c1-3-14-27-20(18-10-12-23-13-11-18)24-25-22(27)29-16(2)21(28)26-15-6-8-17-7-4-5-9-19(17)26/h3-5,7,9-13,16H,1,6,8,14-15H2,2H3. The van der Waals surface area contributed by atoms with Crippen LogP contribution in [0.3, 0.4) is 0 Å². The average Bonchev–Trinajstić information content (AvgIpc) is 3.16. The van der Waals surface area contributed by atoms with E-state index < -0.39 is 0 Å². The first kappa shape index (κ1) is 19.4. The number of para-hydroxylation sites is 1. The normalized spacial score (nSPS) is 14.3. The Kier molecular flexibility index (Phi) is 5.76. The number of anilines is 1. The summed E-state index contributed by atoms with van der Waals surface area (Å²) < 4.78 is 1.99.